The summed E-state index contributed by atoms with van der Waals surface area (Å²) in [6, 6.07) is 20.5. The van der Waals surface area contributed by atoms with E-state index in [1.165, 1.54) is 41.6 Å². The summed E-state index contributed by atoms with van der Waals surface area (Å²) in [6.45, 7) is 0. The molecule has 2 heterocycles. The molecule has 4 rings (SSSR count). The number of hydrogen-bond donors (Lipinski definition) is 1. The van der Waals surface area contributed by atoms with Crippen LogP contribution in [0.1, 0.15) is 18.4 Å². The van der Waals surface area contributed by atoms with E-state index in [1.54, 1.807) is 5.19 Å². The fourth-order valence-electron chi connectivity index (χ4n) is 3.71. The van der Waals surface area contributed by atoms with E-state index >= 15 is 0 Å². The van der Waals surface area contributed by atoms with Gasteiger partial charge in [-0.2, -0.15) is 0 Å². The summed E-state index contributed by atoms with van der Waals surface area (Å²) < 4.78 is 0. The highest BCUT2D eigenvalue weighted by atomic mass is 28.3. The molecule has 0 unspecified atom stereocenters. The van der Waals surface area contributed by atoms with Crippen LogP contribution in [0.5, 0.6) is 0 Å². The molecular weight excluding hydrogens is 258 g/mol. The summed E-state index contributed by atoms with van der Waals surface area (Å²) in [7, 11) is -1.40. The Morgan fingerprint density at radius 1 is 0.850 bits per heavy atom. The Morgan fingerprint density at radius 3 is 2.45 bits per heavy atom. The Kier molecular flexibility index (Phi) is 2.78. The molecule has 0 atom stereocenters. The van der Waals surface area contributed by atoms with Crippen molar-refractivity contribution in [3.63, 3.8) is 0 Å². The number of benzene rings is 2. The third-order valence-corrected chi connectivity index (χ3v) is 9.37. The molecule has 100 valence electrons. The van der Waals surface area contributed by atoms with Crippen molar-refractivity contribution in [2.45, 2.75) is 24.9 Å². The molecular formula is C18H19NSi. The SMILES string of the molecule is C1=Cc2cc(-c3ccccc3)ccc2[Si]2(CCCC2)N1. The zero-order valence-electron chi connectivity index (χ0n) is 11.6. The van der Waals surface area contributed by atoms with E-state index in [0.29, 0.717) is 0 Å². The summed E-state index contributed by atoms with van der Waals surface area (Å²) >= 11 is 0. The van der Waals surface area contributed by atoms with Crippen molar-refractivity contribution >= 4 is 19.5 Å². The van der Waals surface area contributed by atoms with Gasteiger partial charge in [-0.3, -0.25) is 0 Å². The van der Waals surface area contributed by atoms with E-state index < -0.39 is 8.24 Å². The number of nitrogens with one attached hydrogen (secondary N) is 1. The minimum Gasteiger partial charge on any atom is -0.413 e. The molecule has 1 N–H and O–H groups in total. The summed E-state index contributed by atoms with van der Waals surface area (Å²) in [4.78, 5) is 3.77. The molecule has 2 heteroatoms. The third kappa shape index (κ3) is 1.83. The lowest BCUT2D eigenvalue weighted by Gasteiger charge is -2.32. The van der Waals surface area contributed by atoms with Crippen molar-refractivity contribution in [1.82, 2.24) is 4.98 Å². The van der Waals surface area contributed by atoms with Crippen LogP contribution in [0.2, 0.25) is 12.1 Å². The Hall–Kier alpha value is -1.80. The second-order valence-electron chi connectivity index (χ2n) is 5.93. The van der Waals surface area contributed by atoms with Crippen LogP contribution in [-0.2, 0) is 0 Å². The molecule has 0 bridgehead atoms. The van der Waals surface area contributed by atoms with Crippen LogP contribution in [0.25, 0.3) is 17.2 Å². The molecule has 0 aromatic heterocycles. The van der Waals surface area contributed by atoms with Crippen LogP contribution in [0.15, 0.2) is 54.7 Å². The van der Waals surface area contributed by atoms with Crippen LogP contribution in [0.3, 0.4) is 0 Å². The fraction of sp³-hybridized carbons (Fsp3) is 0.222. The maximum atomic E-state index is 3.77. The normalized spacial score (nSPS) is 18.8. The number of rotatable bonds is 1. The summed E-state index contributed by atoms with van der Waals surface area (Å²) in [6.07, 6.45) is 7.24. The second-order valence-corrected chi connectivity index (χ2v) is 9.93. The standard InChI is InChI=1S/C18H19NSi/c1-2-6-15(7-3-1)16-8-9-18-17(14-16)10-11-19-20(18)12-4-5-13-20/h1-3,6-11,14,19H,4-5,12-13H2. The van der Waals surface area contributed by atoms with Crippen LogP contribution in [0.4, 0.5) is 0 Å². The molecule has 1 saturated heterocycles. The lowest BCUT2D eigenvalue weighted by atomic mass is 10.0. The molecule has 20 heavy (non-hydrogen) atoms. The van der Waals surface area contributed by atoms with Crippen molar-refractivity contribution in [3.05, 3.63) is 60.3 Å². The Labute approximate surface area is 121 Å². The second kappa shape index (κ2) is 4.64. The zero-order chi connectivity index (χ0) is 13.4. The van der Waals surface area contributed by atoms with Gasteiger partial charge in [0.15, 0.2) is 8.24 Å². The molecule has 2 aliphatic heterocycles. The third-order valence-electron chi connectivity index (χ3n) is 4.75. The average molecular weight is 277 g/mol. The van der Waals surface area contributed by atoms with Gasteiger partial charge in [0, 0.05) is 0 Å². The first-order valence-corrected chi connectivity index (χ1v) is 9.93. The van der Waals surface area contributed by atoms with Gasteiger partial charge in [-0.05, 0) is 52.3 Å². The van der Waals surface area contributed by atoms with Crippen molar-refractivity contribution < 1.29 is 0 Å². The zero-order valence-corrected chi connectivity index (χ0v) is 12.6. The number of fused-ring (bicyclic) bond motifs is 2. The first-order valence-electron chi connectivity index (χ1n) is 7.52. The van der Waals surface area contributed by atoms with E-state index in [2.05, 4.69) is 65.8 Å². The van der Waals surface area contributed by atoms with Gasteiger partial charge in [-0.1, -0.05) is 55.3 Å². The topological polar surface area (TPSA) is 12.0 Å². The highest BCUT2D eigenvalue weighted by Crippen LogP contribution is 2.32. The molecule has 1 nitrogen and oxygen atoms in total. The smallest absolute Gasteiger partial charge is 0.185 e. The lowest BCUT2D eigenvalue weighted by molar-refractivity contribution is 0.935. The number of hydrogen-bond acceptors (Lipinski definition) is 1. The van der Waals surface area contributed by atoms with Crippen LogP contribution in [-0.4, -0.2) is 8.24 Å². The van der Waals surface area contributed by atoms with E-state index in [1.807, 2.05) is 0 Å². The quantitative estimate of drug-likeness (QED) is 0.780. The van der Waals surface area contributed by atoms with Crippen molar-refractivity contribution in [1.29, 1.82) is 0 Å². The van der Waals surface area contributed by atoms with Gasteiger partial charge in [0.2, 0.25) is 0 Å². The molecule has 0 aliphatic carbocycles. The molecule has 0 saturated carbocycles. The minimum atomic E-state index is -1.40. The first-order chi connectivity index (χ1) is 9.87. The lowest BCUT2D eigenvalue weighted by Crippen LogP contribution is -2.58. The van der Waals surface area contributed by atoms with Gasteiger partial charge in [0.05, 0.1) is 0 Å². The maximum Gasteiger partial charge on any atom is 0.185 e. The maximum absolute atomic E-state index is 3.77. The van der Waals surface area contributed by atoms with E-state index in [0.717, 1.165) is 0 Å². The predicted octanol–water partition coefficient (Wildman–Crippen LogP) is 3.87. The van der Waals surface area contributed by atoms with Crippen LogP contribution < -0.4 is 10.2 Å². The van der Waals surface area contributed by atoms with Gasteiger partial charge >= 0.3 is 0 Å². The van der Waals surface area contributed by atoms with Crippen molar-refractivity contribution in [2.75, 3.05) is 0 Å². The molecule has 2 aliphatic rings. The van der Waals surface area contributed by atoms with E-state index in [9.17, 15) is 0 Å². The molecule has 0 radical (unpaired) electrons. The van der Waals surface area contributed by atoms with Gasteiger partial charge in [-0.15, -0.1) is 0 Å². The van der Waals surface area contributed by atoms with Gasteiger partial charge < -0.3 is 4.98 Å². The molecule has 2 aromatic rings. The highest BCUT2D eigenvalue weighted by molar-refractivity contribution is 6.91. The first kappa shape index (κ1) is 12.0. The predicted molar refractivity (Wildman–Crippen MR) is 88.3 cm³/mol. The summed E-state index contributed by atoms with van der Waals surface area (Å²) in [5, 5.41) is 1.62. The van der Waals surface area contributed by atoms with Crippen molar-refractivity contribution in [2.24, 2.45) is 0 Å². The molecule has 1 spiro atoms. The van der Waals surface area contributed by atoms with Gasteiger partial charge in [0.1, 0.15) is 0 Å². The Morgan fingerprint density at radius 2 is 1.65 bits per heavy atom. The average Bonchev–Trinajstić information content (AvgIpc) is 2.97. The van der Waals surface area contributed by atoms with Crippen LogP contribution in [0, 0.1) is 0 Å². The molecule has 2 aromatic carbocycles. The van der Waals surface area contributed by atoms with Gasteiger partial charge in [-0.25, -0.2) is 0 Å². The largest absolute Gasteiger partial charge is 0.413 e. The Balaban J connectivity index is 1.81. The molecule has 1 fully saturated rings. The highest BCUT2D eigenvalue weighted by Gasteiger charge is 2.40. The minimum absolute atomic E-state index is 1.31. The monoisotopic (exact) mass is 277 g/mol. The summed E-state index contributed by atoms with van der Waals surface area (Å²) in [5.74, 6) is 0. The van der Waals surface area contributed by atoms with E-state index in [-0.39, 0.29) is 0 Å². The molecule has 0 amide bonds. The summed E-state index contributed by atoms with van der Waals surface area (Å²) in [5.41, 5.74) is 4.08. The van der Waals surface area contributed by atoms with Crippen LogP contribution >= 0.6 is 0 Å². The van der Waals surface area contributed by atoms with Gasteiger partial charge in [0.25, 0.3) is 0 Å². The fourth-order valence-corrected chi connectivity index (χ4v) is 8.16. The van der Waals surface area contributed by atoms with Crippen molar-refractivity contribution in [3.8, 4) is 11.1 Å². The Bertz CT molecular complexity index is 654. The van der Waals surface area contributed by atoms with E-state index in [4.69, 9.17) is 0 Å².